The number of hydrogen-bond acceptors (Lipinski definition) is 4. The minimum absolute atomic E-state index is 0.295. The van der Waals surface area contributed by atoms with E-state index in [-0.39, 0.29) is 0 Å². The van der Waals surface area contributed by atoms with E-state index in [0.29, 0.717) is 12.6 Å². The molecule has 1 saturated carbocycles. The summed E-state index contributed by atoms with van der Waals surface area (Å²) in [6, 6.07) is 1.27. The minimum Gasteiger partial charge on any atom is -0.396 e. The Kier molecular flexibility index (Phi) is 4.93. The highest BCUT2D eigenvalue weighted by molar-refractivity contribution is 5.08. The molecule has 0 radical (unpaired) electrons. The van der Waals surface area contributed by atoms with Gasteiger partial charge < -0.3 is 10.1 Å². The van der Waals surface area contributed by atoms with Crippen LogP contribution in [-0.2, 0) is 6.54 Å². The SMILES string of the molecule is Cc1[nH]cnc1CN1CCN(C2CCCC2)C(CCO)C1. The standard InChI is InChI=1S/C16H28N4O/c1-13-16(18-12-17-13)11-19-7-8-20(14-4-2-3-5-14)15(10-19)6-9-21/h12,14-15,21H,2-11H2,1H3,(H,17,18). The lowest BCUT2D eigenvalue weighted by Crippen LogP contribution is -2.56. The number of hydrogen-bond donors (Lipinski definition) is 2. The molecular formula is C16H28N4O. The van der Waals surface area contributed by atoms with Crippen molar-refractivity contribution in [1.29, 1.82) is 0 Å². The van der Waals surface area contributed by atoms with Gasteiger partial charge in [-0.05, 0) is 26.2 Å². The number of piperazine rings is 1. The van der Waals surface area contributed by atoms with Gasteiger partial charge in [0.2, 0.25) is 0 Å². The molecule has 1 aliphatic carbocycles. The number of nitrogens with zero attached hydrogens (tertiary/aromatic N) is 3. The molecule has 5 nitrogen and oxygen atoms in total. The summed E-state index contributed by atoms with van der Waals surface area (Å²) >= 11 is 0. The fourth-order valence-electron chi connectivity index (χ4n) is 3.96. The zero-order chi connectivity index (χ0) is 14.7. The van der Waals surface area contributed by atoms with E-state index in [9.17, 15) is 5.11 Å². The highest BCUT2D eigenvalue weighted by Crippen LogP contribution is 2.28. The average molecular weight is 292 g/mol. The van der Waals surface area contributed by atoms with Gasteiger partial charge in [-0.15, -0.1) is 0 Å². The van der Waals surface area contributed by atoms with Crippen molar-refractivity contribution in [1.82, 2.24) is 19.8 Å². The molecule has 1 atom stereocenters. The van der Waals surface area contributed by atoms with Crippen LogP contribution in [0.3, 0.4) is 0 Å². The van der Waals surface area contributed by atoms with Crippen LogP contribution in [0.25, 0.3) is 0 Å². The van der Waals surface area contributed by atoms with Gasteiger partial charge in [0.1, 0.15) is 0 Å². The number of imidazole rings is 1. The molecule has 1 unspecified atom stereocenters. The third-order valence-corrected chi connectivity index (χ3v) is 5.18. The highest BCUT2D eigenvalue weighted by atomic mass is 16.3. The number of aromatic amines is 1. The zero-order valence-electron chi connectivity index (χ0n) is 13.1. The van der Waals surface area contributed by atoms with Crippen molar-refractivity contribution in [2.75, 3.05) is 26.2 Å². The molecular weight excluding hydrogens is 264 g/mol. The molecule has 3 rings (SSSR count). The summed E-state index contributed by atoms with van der Waals surface area (Å²) in [6.07, 6.45) is 8.13. The van der Waals surface area contributed by atoms with E-state index in [1.165, 1.54) is 31.4 Å². The summed E-state index contributed by atoms with van der Waals surface area (Å²) in [7, 11) is 0. The van der Waals surface area contributed by atoms with Crippen LogP contribution < -0.4 is 0 Å². The number of aliphatic hydroxyl groups excluding tert-OH is 1. The molecule has 2 N–H and O–H groups in total. The van der Waals surface area contributed by atoms with Crippen LogP contribution in [0.1, 0.15) is 43.5 Å². The molecule has 0 aromatic carbocycles. The van der Waals surface area contributed by atoms with Crippen molar-refractivity contribution in [2.45, 2.75) is 57.7 Å². The largest absolute Gasteiger partial charge is 0.396 e. The van der Waals surface area contributed by atoms with Gasteiger partial charge in [-0.2, -0.15) is 0 Å². The van der Waals surface area contributed by atoms with E-state index in [1.807, 2.05) is 0 Å². The number of rotatable bonds is 5. The van der Waals surface area contributed by atoms with Crippen LogP contribution >= 0.6 is 0 Å². The van der Waals surface area contributed by atoms with Gasteiger partial charge in [-0.25, -0.2) is 4.98 Å². The maximum Gasteiger partial charge on any atom is 0.0925 e. The number of H-pyrrole nitrogens is 1. The molecule has 1 aliphatic heterocycles. The summed E-state index contributed by atoms with van der Waals surface area (Å²) in [5.41, 5.74) is 2.33. The van der Waals surface area contributed by atoms with Crippen molar-refractivity contribution in [3.8, 4) is 0 Å². The van der Waals surface area contributed by atoms with Crippen LogP contribution in [-0.4, -0.2) is 63.2 Å². The quantitative estimate of drug-likeness (QED) is 0.864. The van der Waals surface area contributed by atoms with E-state index >= 15 is 0 Å². The number of nitrogens with one attached hydrogen (secondary N) is 1. The van der Waals surface area contributed by atoms with Gasteiger partial charge in [-0.3, -0.25) is 9.80 Å². The van der Waals surface area contributed by atoms with Crippen LogP contribution in [0.2, 0.25) is 0 Å². The smallest absolute Gasteiger partial charge is 0.0925 e. The summed E-state index contributed by atoms with van der Waals surface area (Å²) < 4.78 is 0. The first kappa shape index (κ1) is 15.0. The zero-order valence-corrected chi connectivity index (χ0v) is 13.1. The first-order valence-corrected chi connectivity index (χ1v) is 8.35. The number of aliphatic hydroxyl groups is 1. The Labute approximate surface area is 127 Å². The van der Waals surface area contributed by atoms with Crippen molar-refractivity contribution in [3.63, 3.8) is 0 Å². The number of aryl methyl sites for hydroxylation is 1. The van der Waals surface area contributed by atoms with Gasteiger partial charge in [-0.1, -0.05) is 12.8 Å². The third kappa shape index (κ3) is 3.47. The Hall–Kier alpha value is -0.910. The van der Waals surface area contributed by atoms with Crippen LogP contribution in [0.4, 0.5) is 0 Å². The molecule has 21 heavy (non-hydrogen) atoms. The molecule has 0 amide bonds. The predicted octanol–water partition coefficient (Wildman–Crippen LogP) is 1.53. The van der Waals surface area contributed by atoms with Gasteiger partial charge in [0.25, 0.3) is 0 Å². The van der Waals surface area contributed by atoms with Gasteiger partial charge in [0.05, 0.1) is 12.0 Å². The molecule has 2 aliphatic rings. The van der Waals surface area contributed by atoms with Crippen LogP contribution in [0.15, 0.2) is 6.33 Å². The lowest BCUT2D eigenvalue weighted by Gasteiger charge is -2.44. The van der Waals surface area contributed by atoms with E-state index in [4.69, 9.17) is 0 Å². The van der Waals surface area contributed by atoms with E-state index in [2.05, 4.69) is 26.7 Å². The molecule has 1 aromatic rings. The first-order chi connectivity index (χ1) is 10.3. The van der Waals surface area contributed by atoms with E-state index < -0.39 is 0 Å². The fourth-order valence-corrected chi connectivity index (χ4v) is 3.96. The summed E-state index contributed by atoms with van der Waals surface area (Å²) in [5, 5.41) is 9.40. The molecule has 2 fully saturated rings. The second-order valence-electron chi connectivity index (χ2n) is 6.55. The lowest BCUT2D eigenvalue weighted by atomic mass is 10.0. The fraction of sp³-hybridized carbons (Fsp3) is 0.812. The molecule has 5 heteroatoms. The van der Waals surface area contributed by atoms with Gasteiger partial charge in [0.15, 0.2) is 0 Å². The van der Waals surface area contributed by atoms with E-state index in [1.54, 1.807) is 6.33 Å². The maximum atomic E-state index is 9.40. The average Bonchev–Trinajstić information content (AvgIpc) is 3.13. The Morgan fingerprint density at radius 1 is 1.33 bits per heavy atom. The molecule has 0 bridgehead atoms. The normalized spacial score (nSPS) is 25.7. The Balaban J connectivity index is 1.61. The Bertz CT molecular complexity index is 441. The Morgan fingerprint density at radius 3 is 2.81 bits per heavy atom. The summed E-state index contributed by atoms with van der Waals surface area (Å²) in [5.74, 6) is 0. The van der Waals surface area contributed by atoms with Crippen molar-refractivity contribution < 1.29 is 5.11 Å². The topological polar surface area (TPSA) is 55.4 Å². The summed E-state index contributed by atoms with van der Waals surface area (Å²) in [6.45, 7) is 6.62. The van der Waals surface area contributed by atoms with E-state index in [0.717, 1.165) is 44.3 Å². The lowest BCUT2D eigenvalue weighted by molar-refractivity contribution is 0.0262. The van der Waals surface area contributed by atoms with Crippen molar-refractivity contribution in [3.05, 3.63) is 17.7 Å². The molecule has 1 aromatic heterocycles. The van der Waals surface area contributed by atoms with Crippen LogP contribution in [0, 0.1) is 6.92 Å². The van der Waals surface area contributed by atoms with Crippen LogP contribution in [0.5, 0.6) is 0 Å². The van der Waals surface area contributed by atoms with Crippen molar-refractivity contribution >= 4 is 0 Å². The molecule has 2 heterocycles. The predicted molar refractivity (Wildman–Crippen MR) is 83.1 cm³/mol. The summed E-state index contributed by atoms with van der Waals surface area (Å²) in [4.78, 5) is 12.7. The molecule has 118 valence electrons. The Morgan fingerprint density at radius 2 is 2.14 bits per heavy atom. The van der Waals surface area contributed by atoms with Crippen molar-refractivity contribution in [2.24, 2.45) is 0 Å². The molecule has 1 saturated heterocycles. The van der Waals surface area contributed by atoms with Gasteiger partial charge in [0, 0.05) is 50.6 Å². The monoisotopic (exact) mass is 292 g/mol. The number of aromatic nitrogens is 2. The van der Waals surface area contributed by atoms with Gasteiger partial charge >= 0.3 is 0 Å². The highest BCUT2D eigenvalue weighted by Gasteiger charge is 2.33. The second-order valence-corrected chi connectivity index (χ2v) is 6.55. The second kappa shape index (κ2) is 6.90. The first-order valence-electron chi connectivity index (χ1n) is 8.35. The molecule has 0 spiro atoms. The minimum atomic E-state index is 0.295. The third-order valence-electron chi connectivity index (χ3n) is 5.18. The maximum absolute atomic E-state index is 9.40.